The molecule has 0 aliphatic rings. The Morgan fingerprint density at radius 3 is 2.79 bits per heavy atom. The number of hydrogen-bond donors (Lipinski definition) is 1. The Morgan fingerprint density at radius 1 is 1.31 bits per heavy atom. The largest absolute Gasteiger partial charge is 0.483 e. The molecule has 0 spiro atoms. The van der Waals surface area contributed by atoms with E-state index in [2.05, 4.69) is 10.4 Å². The number of benzene rings is 1. The van der Waals surface area contributed by atoms with E-state index in [0.29, 0.717) is 11.8 Å². The summed E-state index contributed by atoms with van der Waals surface area (Å²) in [4.78, 5) is 22.2. The number of carbonyl (C=O) groups is 1. The van der Waals surface area contributed by atoms with Gasteiger partial charge in [0.2, 0.25) is 0 Å². The molecule has 29 heavy (non-hydrogen) atoms. The zero-order chi connectivity index (χ0) is 21.0. The standard InChI is InChI=1S/C18H16F2N4O5/c1-11-8-17(24(26)27)22-23(11)7-6-21-18(25)16-5-3-13(29-16)10-28-15-4-2-12(19)9-14(15)20/h2-5,8-9H,6-7,10H2,1H3,(H,21,25). The summed E-state index contributed by atoms with van der Waals surface area (Å²) in [6, 6.07) is 7.19. The highest BCUT2D eigenvalue weighted by Gasteiger charge is 2.16. The van der Waals surface area contributed by atoms with Crippen molar-refractivity contribution in [1.29, 1.82) is 0 Å². The summed E-state index contributed by atoms with van der Waals surface area (Å²) in [6.45, 7) is 1.94. The minimum atomic E-state index is -0.844. The Kier molecular flexibility index (Phi) is 5.86. The summed E-state index contributed by atoms with van der Waals surface area (Å²) in [5.74, 6) is -2.16. The number of hydrogen-bond acceptors (Lipinski definition) is 6. The summed E-state index contributed by atoms with van der Waals surface area (Å²) >= 11 is 0. The SMILES string of the molecule is Cc1cc([N+](=O)[O-])nn1CCNC(=O)c1ccc(COc2ccc(F)cc2F)o1. The predicted molar refractivity (Wildman–Crippen MR) is 95.3 cm³/mol. The zero-order valence-electron chi connectivity index (χ0n) is 15.2. The Morgan fingerprint density at radius 2 is 2.10 bits per heavy atom. The summed E-state index contributed by atoms with van der Waals surface area (Å²) in [5.41, 5.74) is 0.594. The molecule has 0 aliphatic heterocycles. The van der Waals surface area contributed by atoms with Gasteiger partial charge in [0.15, 0.2) is 17.3 Å². The maximum Gasteiger partial charge on any atom is 0.390 e. The molecule has 0 unspecified atom stereocenters. The van der Waals surface area contributed by atoms with Crippen LogP contribution in [-0.4, -0.2) is 27.2 Å². The number of rotatable bonds is 8. The molecular weight excluding hydrogens is 390 g/mol. The van der Waals surface area contributed by atoms with Gasteiger partial charge in [0.25, 0.3) is 5.91 Å². The van der Waals surface area contributed by atoms with Gasteiger partial charge in [-0.1, -0.05) is 0 Å². The van der Waals surface area contributed by atoms with Crippen LogP contribution in [0.2, 0.25) is 0 Å². The first kappa shape index (κ1) is 20.0. The summed E-state index contributed by atoms with van der Waals surface area (Å²) in [5, 5.41) is 17.1. The fourth-order valence-electron chi connectivity index (χ4n) is 2.49. The lowest BCUT2D eigenvalue weighted by Crippen LogP contribution is -2.27. The fraction of sp³-hybridized carbons (Fsp3) is 0.222. The van der Waals surface area contributed by atoms with Crippen LogP contribution in [0.1, 0.15) is 22.0 Å². The van der Waals surface area contributed by atoms with Crippen molar-refractivity contribution in [3.63, 3.8) is 0 Å². The molecule has 3 rings (SSSR count). The Balaban J connectivity index is 1.50. The number of amides is 1. The maximum atomic E-state index is 13.5. The van der Waals surface area contributed by atoms with Crippen molar-refractivity contribution >= 4 is 11.7 Å². The highest BCUT2D eigenvalue weighted by molar-refractivity contribution is 5.91. The van der Waals surface area contributed by atoms with Crippen molar-refractivity contribution in [3.8, 4) is 5.75 Å². The van der Waals surface area contributed by atoms with E-state index >= 15 is 0 Å². The molecule has 0 atom stereocenters. The molecule has 0 fully saturated rings. The molecule has 0 saturated heterocycles. The van der Waals surface area contributed by atoms with Crippen LogP contribution in [-0.2, 0) is 13.2 Å². The van der Waals surface area contributed by atoms with E-state index in [1.165, 1.54) is 22.9 Å². The van der Waals surface area contributed by atoms with Crippen LogP contribution in [0.5, 0.6) is 5.75 Å². The Labute approximate surface area is 163 Å². The predicted octanol–water partition coefficient (Wildman–Crippen LogP) is 2.98. The van der Waals surface area contributed by atoms with Crippen molar-refractivity contribution in [2.24, 2.45) is 0 Å². The molecule has 2 heterocycles. The molecule has 1 N–H and O–H groups in total. The van der Waals surface area contributed by atoms with Crippen molar-refractivity contribution in [2.75, 3.05) is 6.54 Å². The van der Waals surface area contributed by atoms with Gasteiger partial charge in [0.05, 0.1) is 23.4 Å². The normalized spacial score (nSPS) is 10.7. The van der Waals surface area contributed by atoms with E-state index in [0.717, 1.165) is 12.1 Å². The first-order valence-electron chi connectivity index (χ1n) is 8.47. The van der Waals surface area contributed by atoms with E-state index in [4.69, 9.17) is 9.15 Å². The first-order valence-corrected chi connectivity index (χ1v) is 8.47. The highest BCUT2D eigenvalue weighted by Crippen LogP contribution is 2.19. The van der Waals surface area contributed by atoms with Crippen LogP contribution >= 0.6 is 0 Å². The molecule has 0 radical (unpaired) electrons. The summed E-state index contributed by atoms with van der Waals surface area (Å²) in [6.07, 6.45) is 0. The third-order valence-corrected chi connectivity index (χ3v) is 3.91. The number of aromatic nitrogens is 2. The van der Waals surface area contributed by atoms with Gasteiger partial charge in [-0.3, -0.25) is 4.79 Å². The number of aryl methyl sites for hydroxylation is 1. The Hall–Kier alpha value is -3.76. The van der Waals surface area contributed by atoms with Gasteiger partial charge in [-0.05, 0) is 36.1 Å². The lowest BCUT2D eigenvalue weighted by molar-refractivity contribution is -0.389. The van der Waals surface area contributed by atoms with Crippen LogP contribution in [0.3, 0.4) is 0 Å². The van der Waals surface area contributed by atoms with Gasteiger partial charge in [0, 0.05) is 12.6 Å². The molecule has 0 saturated carbocycles. The van der Waals surface area contributed by atoms with Crippen molar-refractivity contribution in [1.82, 2.24) is 15.1 Å². The van der Waals surface area contributed by atoms with Gasteiger partial charge < -0.3 is 24.6 Å². The van der Waals surface area contributed by atoms with Crippen LogP contribution in [0.4, 0.5) is 14.6 Å². The van der Waals surface area contributed by atoms with Gasteiger partial charge in [-0.15, -0.1) is 0 Å². The van der Waals surface area contributed by atoms with Crippen LogP contribution in [0.25, 0.3) is 0 Å². The van der Waals surface area contributed by atoms with Crippen LogP contribution in [0, 0.1) is 28.7 Å². The van der Waals surface area contributed by atoms with Crippen molar-refractivity contribution in [2.45, 2.75) is 20.1 Å². The average molecular weight is 406 g/mol. The second-order valence-electron chi connectivity index (χ2n) is 6.01. The highest BCUT2D eigenvalue weighted by atomic mass is 19.1. The third-order valence-electron chi connectivity index (χ3n) is 3.91. The van der Waals surface area contributed by atoms with Crippen molar-refractivity contribution < 1.29 is 27.7 Å². The molecule has 1 amide bonds. The van der Waals surface area contributed by atoms with Gasteiger partial charge in [0.1, 0.15) is 18.2 Å². The van der Waals surface area contributed by atoms with E-state index in [-0.39, 0.29) is 42.8 Å². The second kappa shape index (κ2) is 8.50. The topological polar surface area (TPSA) is 112 Å². The molecule has 152 valence electrons. The van der Waals surface area contributed by atoms with E-state index in [1.807, 2.05) is 0 Å². The number of furan rings is 1. The summed E-state index contributed by atoms with van der Waals surface area (Å²) in [7, 11) is 0. The minimum Gasteiger partial charge on any atom is -0.483 e. The maximum absolute atomic E-state index is 13.5. The molecule has 0 aliphatic carbocycles. The number of nitro groups is 1. The third kappa shape index (κ3) is 4.94. The lowest BCUT2D eigenvalue weighted by atomic mass is 10.3. The quantitative estimate of drug-likeness (QED) is 0.455. The lowest BCUT2D eigenvalue weighted by Gasteiger charge is -2.05. The number of ether oxygens (including phenoxy) is 1. The minimum absolute atomic E-state index is 0.0198. The first-order chi connectivity index (χ1) is 13.8. The molecule has 0 bridgehead atoms. The second-order valence-corrected chi connectivity index (χ2v) is 6.01. The molecular formula is C18H16F2N4O5. The molecule has 3 aromatic rings. The number of nitrogens with zero attached hydrogens (tertiary/aromatic N) is 3. The monoisotopic (exact) mass is 406 g/mol. The molecule has 11 heteroatoms. The van der Waals surface area contributed by atoms with Gasteiger partial charge in [-0.2, -0.15) is 4.68 Å². The van der Waals surface area contributed by atoms with E-state index in [1.54, 1.807) is 6.92 Å². The smallest absolute Gasteiger partial charge is 0.390 e. The van der Waals surface area contributed by atoms with E-state index < -0.39 is 22.5 Å². The van der Waals surface area contributed by atoms with Gasteiger partial charge >= 0.3 is 5.82 Å². The molecule has 1 aromatic carbocycles. The Bertz CT molecular complexity index is 1050. The van der Waals surface area contributed by atoms with Crippen molar-refractivity contribution in [3.05, 3.63) is 75.4 Å². The number of nitrogens with one attached hydrogen (secondary N) is 1. The number of carbonyl (C=O) groups excluding carboxylic acids is 1. The number of halogens is 2. The average Bonchev–Trinajstić information content (AvgIpc) is 3.28. The van der Waals surface area contributed by atoms with Crippen LogP contribution < -0.4 is 10.1 Å². The molecule has 2 aromatic heterocycles. The van der Waals surface area contributed by atoms with Gasteiger partial charge in [-0.25, -0.2) is 8.78 Å². The zero-order valence-corrected chi connectivity index (χ0v) is 15.2. The fourth-order valence-corrected chi connectivity index (χ4v) is 2.49. The van der Waals surface area contributed by atoms with E-state index in [9.17, 15) is 23.7 Å². The molecule has 9 nitrogen and oxygen atoms in total. The summed E-state index contributed by atoms with van der Waals surface area (Å²) < 4.78 is 38.4. The van der Waals surface area contributed by atoms with Crippen LogP contribution in [0.15, 0.2) is 40.8 Å².